The largest absolute Gasteiger partial charge is 0.462 e. The van der Waals surface area contributed by atoms with Crippen molar-refractivity contribution in [3.63, 3.8) is 0 Å². The normalized spacial score (nSPS) is 23.8. The monoisotopic (exact) mass is 401 g/mol. The zero-order chi connectivity index (χ0) is 21.0. The predicted octanol–water partition coefficient (Wildman–Crippen LogP) is 2.69. The van der Waals surface area contributed by atoms with Crippen molar-refractivity contribution < 1.29 is 23.9 Å². The van der Waals surface area contributed by atoms with E-state index in [1.165, 1.54) is 0 Å². The first kappa shape index (κ1) is 20.8. The predicted molar refractivity (Wildman–Crippen MR) is 106 cm³/mol. The van der Waals surface area contributed by atoms with E-state index in [1.54, 1.807) is 24.3 Å². The maximum atomic E-state index is 12.9. The number of imide groups is 1. The number of ether oxygens (including phenoxy) is 1. The molecule has 0 bridgehead atoms. The Morgan fingerprint density at radius 1 is 1.24 bits per heavy atom. The van der Waals surface area contributed by atoms with Gasteiger partial charge in [0.05, 0.1) is 12.2 Å². The van der Waals surface area contributed by atoms with E-state index in [2.05, 4.69) is 10.6 Å². The summed E-state index contributed by atoms with van der Waals surface area (Å²) < 4.78 is 5.06. The summed E-state index contributed by atoms with van der Waals surface area (Å²) in [5.41, 5.74) is -0.0237. The number of carbonyl (C=O) groups excluding carboxylic acids is 4. The molecule has 1 saturated carbocycles. The summed E-state index contributed by atoms with van der Waals surface area (Å²) in [5, 5.41) is 5.49. The minimum absolute atomic E-state index is 0.0424. The van der Waals surface area contributed by atoms with Crippen LogP contribution >= 0.6 is 0 Å². The summed E-state index contributed by atoms with van der Waals surface area (Å²) in [6.07, 6.45) is 4.13. The molecule has 1 aliphatic carbocycles. The van der Waals surface area contributed by atoms with E-state index in [4.69, 9.17) is 4.74 Å². The van der Waals surface area contributed by atoms with Crippen LogP contribution in [0.25, 0.3) is 0 Å². The molecule has 4 amide bonds. The van der Waals surface area contributed by atoms with Gasteiger partial charge in [-0.25, -0.2) is 9.59 Å². The molecular formula is C21H27N3O5. The van der Waals surface area contributed by atoms with E-state index >= 15 is 0 Å². The smallest absolute Gasteiger partial charge is 0.338 e. The quantitative estimate of drug-likeness (QED) is 0.563. The van der Waals surface area contributed by atoms with Crippen LogP contribution in [-0.4, -0.2) is 47.4 Å². The number of urea groups is 1. The van der Waals surface area contributed by atoms with E-state index in [1.807, 2.05) is 13.8 Å². The lowest BCUT2D eigenvalue weighted by atomic mass is 9.73. The van der Waals surface area contributed by atoms with E-state index in [-0.39, 0.29) is 18.4 Å². The summed E-state index contributed by atoms with van der Waals surface area (Å²) in [5.74, 6) is -1.18. The standard InChI is InChI=1S/C21H27N3O5/c1-3-12-29-18(26)15-7-9-16(10-8-15)22-17(25)13-24-19(27)21(23-20(24)28)11-5-4-6-14(21)2/h7-10,14H,3-6,11-13H2,1-2H3,(H,22,25)(H,23,28)/t14-,21+/m0/s1. The van der Waals surface area contributed by atoms with Gasteiger partial charge < -0.3 is 15.4 Å². The zero-order valence-corrected chi connectivity index (χ0v) is 16.8. The summed E-state index contributed by atoms with van der Waals surface area (Å²) in [4.78, 5) is 50.5. The number of anilines is 1. The molecule has 0 unspecified atom stereocenters. The molecule has 1 aliphatic heterocycles. The van der Waals surface area contributed by atoms with Crippen LogP contribution in [0.4, 0.5) is 10.5 Å². The Labute approximate surface area is 170 Å². The van der Waals surface area contributed by atoms with Gasteiger partial charge in [-0.1, -0.05) is 26.7 Å². The van der Waals surface area contributed by atoms with Gasteiger partial charge in [0.15, 0.2) is 0 Å². The zero-order valence-electron chi connectivity index (χ0n) is 16.8. The van der Waals surface area contributed by atoms with E-state index in [0.717, 1.165) is 30.6 Å². The molecule has 1 aromatic carbocycles. The second-order valence-corrected chi connectivity index (χ2v) is 7.70. The van der Waals surface area contributed by atoms with Crippen molar-refractivity contribution in [2.45, 2.75) is 51.5 Å². The lowest BCUT2D eigenvalue weighted by molar-refractivity contribution is -0.136. The number of nitrogens with zero attached hydrogens (tertiary/aromatic N) is 1. The molecule has 8 nitrogen and oxygen atoms in total. The molecule has 2 aliphatic rings. The lowest BCUT2D eigenvalue weighted by Crippen LogP contribution is -2.54. The van der Waals surface area contributed by atoms with E-state index < -0.39 is 23.4 Å². The molecule has 1 saturated heterocycles. The van der Waals surface area contributed by atoms with E-state index in [9.17, 15) is 19.2 Å². The third-order valence-corrected chi connectivity index (χ3v) is 5.64. The molecule has 156 valence electrons. The highest BCUT2D eigenvalue weighted by Crippen LogP contribution is 2.38. The number of amides is 4. The Hall–Kier alpha value is -2.90. The third-order valence-electron chi connectivity index (χ3n) is 5.64. The minimum Gasteiger partial charge on any atom is -0.462 e. The summed E-state index contributed by atoms with van der Waals surface area (Å²) >= 11 is 0. The van der Waals surface area contributed by atoms with Gasteiger partial charge in [-0.15, -0.1) is 0 Å². The topological polar surface area (TPSA) is 105 Å². The van der Waals surface area contributed by atoms with E-state index in [0.29, 0.717) is 24.3 Å². The highest BCUT2D eigenvalue weighted by molar-refractivity contribution is 6.10. The first-order chi connectivity index (χ1) is 13.9. The molecular weight excluding hydrogens is 374 g/mol. The Morgan fingerprint density at radius 3 is 2.62 bits per heavy atom. The van der Waals surface area contributed by atoms with Crippen molar-refractivity contribution in [3.8, 4) is 0 Å². The SMILES string of the molecule is CCCOC(=O)c1ccc(NC(=O)CN2C(=O)N[C@@]3(CCCC[C@@H]3C)C2=O)cc1. The molecule has 1 heterocycles. The highest BCUT2D eigenvalue weighted by Gasteiger charge is 2.55. The molecule has 8 heteroatoms. The fraction of sp³-hybridized carbons (Fsp3) is 0.524. The molecule has 1 spiro atoms. The van der Waals surface area contributed by atoms with Gasteiger partial charge in [0.1, 0.15) is 12.1 Å². The number of hydrogen-bond acceptors (Lipinski definition) is 5. The van der Waals surface area contributed by atoms with Gasteiger partial charge in [0.25, 0.3) is 5.91 Å². The summed E-state index contributed by atoms with van der Waals surface area (Å²) in [6.45, 7) is 3.88. The average Bonchev–Trinajstić information content (AvgIpc) is 2.94. The maximum Gasteiger partial charge on any atom is 0.338 e. The van der Waals surface area contributed by atoms with Crippen LogP contribution in [0, 0.1) is 5.92 Å². The molecule has 29 heavy (non-hydrogen) atoms. The molecule has 2 atom stereocenters. The molecule has 2 N–H and O–H groups in total. The average molecular weight is 401 g/mol. The fourth-order valence-electron chi connectivity index (χ4n) is 3.95. The summed E-state index contributed by atoms with van der Waals surface area (Å²) in [6, 6.07) is 5.75. The van der Waals surface area contributed by atoms with Gasteiger partial charge in [0, 0.05) is 5.69 Å². The van der Waals surface area contributed by atoms with Crippen LogP contribution in [0.5, 0.6) is 0 Å². The second kappa shape index (κ2) is 8.63. The van der Waals surface area contributed by atoms with Crippen LogP contribution < -0.4 is 10.6 Å². The Kier molecular flexibility index (Phi) is 6.20. The van der Waals surface area contributed by atoms with Crippen molar-refractivity contribution in [1.82, 2.24) is 10.2 Å². The molecule has 1 aromatic rings. The molecule has 0 radical (unpaired) electrons. The number of rotatable bonds is 6. The van der Waals surface area contributed by atoms with Crippen LogP contribution in [0.1, 0.15) is 56.3 Å². The number of esters is 1. The Balaban J connectivity index is 1.60. The minimum atomic E-state index is -0.879. The Bertz CT molecular complexity index is 807. The van der Waals surface area contributed by atoms with Gasteiger partial charge in [-0.05, 0) is 49.4 Å². The maximum absolute atomic E-state index is 12.9. The molecule has 2 fully saturated rings. The Morgan fingerprint density at radius 2 is 1.97 bits per heavy atom. The van der Waals surface area contributed by atoms with Crippen molar-refractivity contribution >= 4 is 29.5 Å². The van der Waals surface area contributed by atoms with Crippen molar-refractivity contribution in [2.75, 3.05) is 18.5 Å². The second-order valence-electron chi connectivity index (χ2n) is 7.70. The first-order valence-electron chi connectivity index (χ1n) is 10.1. The van der Waals surface area contributed by atoms with Crippen LogP contribution in [0.15, 0.2) is 24.3 Å². The van der Waals surface area contributed by atoms with Crippen LogP contribution in [0.2, 0.25) is 0 Å². The fourth-order valence-corrected chi connectivity index (χ4v) is 3.95. The van der Waals surface area contributed by atoms with Crippen molar-refractivity contribution in [2.24, 2.45) is 5.92 Å². The molecule has 0 aromatic heterocycles. The summed E-state index contributed by atoms with van der Waals surface area (Å²) in [7, 11) is 0. The van der Waals surface area contributed by atoms with Crippen molar-refractivity contribution in [1.29, 1.82) is 0 Å². The lowest BCUT2D eigenvalue weighted by Gasteiger charge is -2.36. The van der Waals surface area contributed by atoms with Gasteiger partial charge in [0.2, 0.25) is 5.91 Å². The number of benzene rings is 1. The van der Waals surface area contributed by atoms with Gasteiger partial charge >= 0.3 is 12.0 Å². The molecule has 3 rings (SSSR count). The van der Waals surface area contributed by atoms with Crippen molar-refractivity contribution in [3.05, 3.63) is 29.8 Å². The van der Waals surface area contributed by atoms with Crippen LogP contribution in [0.3, 0.4) is 0 Å². The van der Waals surface area contributed by atoms with Gasteiger partial charge in [-0.2, -0.15) is 0 Å². The van der Waals surface area contributed by atoms with Gasteiger partial charge in [-0.3, -0.25) is 14.5 Å². The number of hydrogen-bond donors (Lipinski definition) is 2. The number of carbonyl (C=O) groups is 4. The highest BCUT2D eigenvalue weighted by atomic mass is 16.5. The number of nitrogens with one attached hydrogen (secondary N) is 2. The van der Waals surface area contributed by atoms with Crippen LogP contribution in [-0.2, 0) is 14.3 Å². The third kappa shape index (κ3) is 4.26. The first-order valence-corrected chi connectivity index (χ1v) is 10.1.